The first-order valence-electron chi connectivity index (χ1n) is 6.13. The summed E-state index contributed by atoms with van der Waals surface area (Å²) < 4.78 is 13.9. The van der Waals surface area contributed by atoms with Crippen LogP contribution in [0.25, 0.3) is 16.9 Å². The van der Waals surface area contributed by atoms with Crippen molar-refractivity contribution in [3.8, 4) is 17.3 Å². The summed E-state index contributed by atoms with van der Waals surface area (Å²) in [5.74, 6) is 1.24. The Bertz CT molecular complexity index is 872. The molecule has 0 fully saturated rings. The van der Waals surface area contributed by atoms with Gasteiger partial charge in [0.15, 0.2) is 10.4 Å². The largest absolute Gasteiger partial charge is 0.495 e. The van der Waals surface area contributed by atoms with Gasteiger partial charge in [0.05, 0.1) is 25.4 Å². The molecule has 21 heavy (non-hydrogen) atoms. The van der Waals surface area contributed by atoms with Crippen molar-refractivity contribution in [2.45, 2.75) is 0 Å². The van der Waals surface area contributed by atoms with Gasteiger partial charge in [-0.3, -0.25) is 4.57 Å². The second kappa shape index (κ2) is 5.50. The number of pyridine rings is 1. The van der Waals surface area contributed by atoms with E-state index in [-0.39, 0.29) is 0 Å². The molecule has 0 aliphatic heterocycles. The van der Waals surface area contributed by atoms with E-state index in [1.54, 1.807) is 20.3 Å². The summed E-state index contributed by atoms with van der Waals surface area (Å²) >= 11 is 8.89. The first-order chi connectivity index (χ1) is 10.1. The molecule has 7 heteroatoms. The molecule has 3 aromatic rings. The minimum Gasteiger partial charge on any atom is -0.495 e. The number of aromatic nitrogens is 3. The number of aromatic amines is 1. The van der Waals surface area contributed by atoms with E-state index in [0.717, 1.165) is 15.7 Å². The molecule has 0 amide bonds. The lowest BCUT2D eigenvalue weighted by molar-refractivity contribution is 0.399. The maximum absolute atomic E-state index is 5.42. The Labute approximate surface area is 134 Å². The SMILES string of the molecule is COc1ccc2[nH]c(=S)n(-c3cc(Br)ccc3OC)c2n1. The van der Waals surface area contributed by atoms with Crippen molar-refractivity contribution in [3.05, 3.63) is 39.6 Å². The maximum atomic E-state index is 5.42. The van der Waals surface area contributed by atoms with Gasteiger partial charge in [0.2, 0.25) is 5.88 Å². The lowest BCUT2D eigenvalue weighted by Gasteiger charge is -2.10. The van der Waals surface area contributed by atoms with Gasteiger partial charge >= 0.3 is 0 Å². The average molecular weight is 366 g/mol. The average Bonchev–Trinajstić information content (AvgIpc) is 2.81. The summed E-state index contributed by atoms with van der Waals surface area (Å²) in [6.07, 6.45) is 0. The third-order valence-electron chi connectivity index (χ3n) is 3.10. The van der Waals surface area contributed by atoms with E-state index in [1.165, 1.54) is 0 Å². The maximum Gasteiger partial charge on any atom is 0.215 e. The molecule has 1 aromatic carbocycles. The number of imidazole rings is 1. The molecule has 0 spiro atoms. The number of H-pyrrole nitrogens is 1. The van der Waals surface area contributed by atoms with Crippen LogP contribution < -0.4 is 9.47 Å². The van der Waals surface area contributed by atoms with Crippen LogP contribution in [0.3, 0.4) is 0 Å². The summed E-state index contributed by atoms with van der Waals surface area (Å²) in [4.78, 5) is 7.60. The van der Waals surface area contributed by atoms with Crippen molar-refractivity contribution in [1.82, 2.24) is 14.5 Å². The molecule has 0 saturated carbocycles. The number of nitrogens with one attached hydrogen (secondary N) is 1. The molecule has 0 aliphatic carbocycles. The Hall–Kier alpha value is -1.86. The van der Waals surface area contributed by atoms with Crippen LogP contribution in [0.2, 0.25) is 0 Å². The van der Waals surface area contributed by atoms with Gasteiger partial charge in [-0.2, -0.15) is 4.98 Å². The minimum absolute atomic E-state index is 0.527. The number of benzene rings is 1. The van der Waals surface area contributed by atoms with Gasteiger partial charge < -0.3 is 14.5 Å². The first-order valence-corrected chi connectivity index (χ1v) is 7.34. The lowest BCUT2D eigenvalue weighted by Crippen LogP contribution is -2.00. The number of fused-ring (bicyclic) bond motifs is 1. The Morgan fingerprint density at radius 2 is 2.00 bits per heavy atom. The highest BCUT2D eigenvalue weighted by Gasteiger charge is 2.13. The number of nitrogens with zero attached hydrogens (tertiary/aromatic N) is 2. The third-order valence-corrected chi connectivity index (χ3v) is 3.87. The zero-order chi connectivity index (χ0) is 15.0. The van der Waals surface area contributed by atoms with Crippen molar-refractivity contribution in [1.29, 1.82) is 0 Å². The summed E-state index contributed by atoms with van der Waals surface area (Å²) in [5, 5.41) is 0. The predicted molar refractivity (Wildman–Crippen MR) is 87.1 cm³/mol. The summed E-state index contributed by atoms with van der Waals surface area (Å²) in [6, 6.07) is 9.39. The molecular weight excluding hydrogens is 354 g/mol. The Morgan fingerprint density at radius 3 is 2.71 bits per heavy atom. The van der Waals surface area contributed by atoms with Crippen LogP contribution in [0.4, 0.5) is 0 Å². The summed E-state index contributed by atoms with van der Waals surface area (Å²) in [5.41, 5.74) is 2.34. The van der Waals surface area contributed by atoms with Crippen molar-refractivity contribution in [2.24, 2.45) is 0 Å². The minimum atomic E-state index is 0.527. The molecule has 0 unspecified atom stereocenters. The van der Waals surface area contributed by atoms with Gasteiger partial charge in [-0.15, -0.1) is 0 Å². The van der Waals surface area contributed by atoms with Crippen LogP contribution in [0.15, 0.2) is 34.8 Å². The summed E-state index contributed by atoms with van der Waals surface area (Å²) in [7, 11) is 3.21. The lowest BCUT2D eigenvalue weighted by atomic mass is 10.3. The second-order valence-corrected chi connectivity index (χ2v) is 5.61. The smallest absolute Gasteiger partial charge is 0.215 e. The molecule has 0 aliphatic rings. The zero-order valence-electron chi connectivity index (χ0n) is 11.4. The van der Waals surface area contributed by atoms with Crippen LogP contribution in [0.5, 0.6) is 11.6 Å². The number of ether oxygens (including phenoxy) is 2. The van der Waals surface area contributed by atoms with Crippen LogP contribution >= 0.6 is 28.1 Å². The molecule has 0 atom stereocenters. The Kier molecular flexibility index (Phi) is 3.69. The normalized spacial score (nSPS) is 10.8. The number of rotatable bonds is 3. The molecule has 5 nitrogen and oxygen atoms in total. The van der Waals surface area contributed by atoms with E-state index >= 15 is 0 Å². The van der Waals surface area contributed by atoms with E-state index in [1.807, 2.05) is 28.8 Å². The molecule has 0 saturated heterocycles. The van der Waals surface area contributed by atoms with E-state index in [9.17, 15) is 0 Å². The fourth-order valence-electron chi connectivity index (χ4n) is 2.14. The van der Waals surface area contributed by atoms with Crippen LogP contribution in [-0.2, 0) is 0 Å². The highest BCUT2D eigenvalue weighted by Crippen LogP contribution is 2.30. The number of hydrogen-bond acceptors (Lipinski definition) is 4. The first kappa shape index (κ1) is 14.1. The fourth-order valence-corrected chi connectivity index (χ4v) is 2.79. The van der Waals surface area contributed by atoms with E-state index in [2.05, 4.69) is 25.9 Å². The zero-order valence-corrected chi connectivity index (χ0v) is 13.8. The number of hydrogen-bond donors (Lipinski definition) is 1. The highest BCUT2D eigenvalue weighted by atomic mass is 79.9. The van der Waals surface area contributed by atoms with E-state index in [4.69, 9.17) is 21.7 Å². The topological polar surface area (TPSA) is 52.1 Å². The molecule has 0 radical (unpaired) electrons. The number of halogens is 1. The molecule has 108 valence electrons. The van der Waals surface area contributed by atoms with Crippen molar-refractivity contribution in [3.63, 3.8) is 0 Å². The van der Waals surface area contributed by atoms with Crippen LogP contribution in [0, 0.1) is 4.77 Å². The molecule has 1 N–H and O–H groups in total. The van der Waals surface area contributed by atoms with E-state index in [0.29, 0.717) is 22.0 Å². The number of methoxy groups -OCH3 is 2. The molecule has 2 aromatic heterocycles. The van der Waals surface area contributed by atoms with Gasteiger partial charge in [-0.05, 0) is 36.5 Å². The Balaban J connectivity index is 2.36. The molecular formula is C14H12BrN3O2S. The second-order valence-electron chi connectivity index (χ2n) is 4.31. The van der Waals surface area contributed by atoms with Crippen molar-refractivity contribution < 1.29 is 9.47 Å². The van der Waals surface area contributed by atoms with Crippen LogP contribution in [0.1, 0.15) is 0 Å². The van der Waals surface area contributed by atoms with Gasteiger partial charge in [-0.1, -0.05) is 15.9 Å². The fraction of sp³-hybridized carbons (Fsp3) is 0.143. The molecule has 3 rings (SSSR count). The Morgan fingerprint density at radius 1 is 1.19 bits per heavy atom. The monoisotopic (exact) mass is 365 g/mol. The van der Waals surface area contributed by atoms with Crippen molar-refractivity contribution >= 4 is 39.3 Å². The molecule has 0 bridgehead atoms. The van der Waals surface area contributed by atoms with Crippen LogP contribution in [-0.4, -0.2) is 28.8 Å². The third kappa shape index (κ3) is 2.43. The van der Waals surface area contributed by atoms with Gasteiger partial charge in [0, 0.05) is 10.5 Å². The summed E-state index contributed by atoms with van der Waals surface area (Å²) in [6.45, 7) is 0. The van der Waals surface area contributed by atoms with Gasteiger partial charge in [0.1, 0.15) is 5.75 Å². The highest BCUT2D eigenvalue weighted by molar-refractivity contribution is 9.10. The van der Waals surface area contributed by atoms with Gasteiger partial charge in [-0.25, -0.2) is 0 Å². The quantitative estimate of drug-likeness (QED) is 0.716. The molecule has 2 heterocycles. The van der Waals surface area contributed by atoms with Crippen molar-refractivity contribution in [2.75, 3.05) is 14.2 Å². The van der Waals surface area contributed by atoms with E-state index < -0.39 is 0 Å². The van der Waals surface area contributed by atoms with Gasteiger partial charge in [0.25, 0.3) is 0 Å². The predicted octanol–water partition coefficient (Wildman–Crippen LogP) is 3.86. The standard InChI is InChI=1S/C14H12BrN3O2S/c1-19-11-5-3-8(15)7-10(11)18-13-9(16-14(18)21)4-6-12(17-13)20-2/h3-7H,1-2H3,(H,16,21).